The molecule has 1 aliphatic rings. The molecule has 1 saturated carbocycles. The van der Waals surface area contributed by atoms with E-state index in [0.717, 1.165) is 0 Å². The van der Waals surface area contributed by atoms with Crippen LogP contribution in [0.3, 0.4) is 0 Å². The molecule has 2 heterocycles. The summed E-state index contributed by atoms with van der Waals surface area (Å²) < 4.78 is 10.7. The van der Waals surface area contributed by atoms with E-state index in [2.05, 4.69) is 4.98 Å². The van der Waals surface area contributed by atoms with E-state index in [1.165, 1.54) is 10.9 Å². The molecule has 1 aliphatic carbocycles. The molecule has 2 N–H and O–H groups in total. The molecule has 1 fully saturated rings. The summed E-state index contributed by atoms with van der Waals surface area (Å²) in [7, 11) is 1.63. The second-order valence-electron chi connectivity index (χ2n) is 4.64. The largest absolute Gasteiger partial charge is 0.390 e. The van der Waals surface area contributed by atoms with Crippen molar-refractivity contribution in [3.63, 3.8) is 0 Å². The van der Waals surface area contributed by atoms with E-state index >= 15 is 0 Å². The number of aromatic nitrogens is 3. The molecular weight excluding hydrogens is 234 g/mol. The molecule has 4 atom stereocenters. The lowest BCUT2D eigenvalue weighted by molar-refractivity contribution is 0.0242. The molecule has 96 valence electrons. The zero-order chi connectivity index (χ0) is 13.7. The summed E-state index contributed by atoms with van der Waals surface area (Å²) in [6.07, 6.45) is 0.652. The van der Waals surface area contributed by atoms with Crippen molar-refractivity contribution >= 4 is 11.0 Å². The summed E-state index contributed by atoms with van der Waals surface area (Å²) in [6.45, 7) is 0. The van der Waals surface area contributed by atoms with E-state index in [9.17, 15) is 15.0 Å². The Balaban J connectivity index is 2.12. The summed E-state index contributed by atoms with van der Waals surface area (Å²) in [5.74, 6) is 0. The smallest absolute Gasteiger partial charge is 0.262 e. The first kappa shape index (κ1) is 10.3. The lowest BCUT2D eigenvalue weighted by atomic mass is 10.2. The van der Waals surface area contributed by atoms with Gasteiger partial charge in [0.05, 0.1) is 23.9 Å². The minimum absolute atomic E-state index is 0.154. The van der Waals surface area contributed by atoms with Crippen LogP contribution in [0.5, 0.6) is 0 Å². The van der Waals surface area contributed by atoms with E-state index in [1.54, 1.807) is 23.9 Å². The normalized spacial score (nSPS) is 32.9. The minimum Gasteiger partial charge on any atom is -0.390 e. The van der Waals surface area contributed by atoms with Crippen molar-refractivity contribution in [2.45, 2.75) is 31.1 Å². The van der Waals surface area contributed by atoms with Crippen molar-refractivity contribution in [1.29, 1.82) is 0 Å². The monoisotopic (exact) mass is 250 g/mol. The fourth-order valence-corrected chi connectivity index (χ4v) is 2.46. The Bertz CT molecular complexity index is 680. The first-order valence-electron chi connectivity index (χ1n) is 6.39. The maximum atomic E-state index is 11.9. The van der Waals surface area contributed by atoms with Crippen LogP contribution in [0.2, 0.25) is 0 Å². The molecule has 0 saturated heterocycles. The van der Waals surface area contributed by atoms with Gasteiger partial charge in [0.25, 0.3) is 5.56 Å². The van der Waals surface area contributed by atoms with Gasteiger partial charge in [-0.3, -0.25) is 4.79 Å². The highest BCUT2D eigenvalue weighted by Crippen LogP contribution is 2.32. The SMILES string of the molecule is [2H][C@H]1C[C@@H](n2ccc3c(=O)n(C)cnc32)[C@H](O)[C@@H]1O. The van der Waals surface area contributed by atoms with Gasteiger partial charge in [0.1, 0.15) is 11.8 Å². The van der Waals surface area contributed by atoms with Gasteiger partial charge < -0.3 is 19.3 Å². The van der Waals surface area contributed by atoms with Crippen LogP contribution < -0.4 is 5.56 Å². The van der Waals surface area contributed by atoms with Crippen LogP contribution in [0.1, 0.15) is 20.2 Å². The number of hydrogen-bond donors (Lipinski definition) is 2. The Morgan fingerprint density at radius 1 is 1.56 bits per heavy atom. The zero-order valence-corrected chi connectivity index (χ0v) is 9.89. The lowest BCUT2D eigenvalue weighted by Crippen LogP contribution is -2.27. The van der Waals surface area contributed by atoms with E-state index in [4.69, 9.17) is 1.37 Å². The highest BCUT2D eigenvalue weighted by atomic mass is 16.3. The summed E-state index contributed by atoms with van der Waals surface area (Å²) in [6, 6.07) is 1.23. The molecule has 0 amide bonds. The summed E-state index contributed by atoms with van der Waals surface area (Å²) in [5.41, 5.74) is 0.327. The fraction of sp³-hybridized carbons (Fsp3) is 0.500. The Labute approximate surface area is 105 Å². The molecule has 6 nitrogen and oxygen atoms in total. The Kier molecular flexibility index (Phi) is 2.24. The van der Waals surface area contributed by atoms with Crippen LogP contribution >= 0.6 is 0 Å². The van der Waals surface area contributed by atoms with Crippen molar-refractivity contribution in [3.8, 4) is 0 Å². The molecule has 2 aromatic heterocycles. The third-order valence-electron chi connectivity index (χ3n) is 3.51. The third kappa shape index (κ3) is 1.49. The molecule has 0 radical (unpaired) electrons. The highest BCUT2D eigenvalue weighted by molar-refractivity contribution is 5.74. The average Bonchev–Trinajstić information content (AvgIpc) is 2.91. The van der Waals surface area contributed by atoms with Gasteiger partial charge in [0.2, 0.25) is 0 Å². The van der Waals surface area contributed by atoms with Gasteiger partial charge in [0.15, 0.2) is 0 Å². The van der Waals surface area contributed by atoms with Crippen molar-refractivity contribution in [2.75, 3.05) is 0 Å². The van der Waals surface area contributed by atoms with E-state index in [-0.39, 0.29) is 5.56 Å². The van der Waals surface area contributed by atoms with Crippen LogP contribution in [0.15, 0.2) is 23.4 Å². The minimum atomic E-state index is -1.06. The second kappa shape index (κ2) is 3.93. The van der Waals surface area contributed by atoms with Gasteiger partial charge in [-0.05, 0) is 18.9 Å². The van der Waals surface area contributed by atoms with Gasteiger partial charge in [-0.25, -0.2) is 4.98 Å². The van der Waals surface area contributed by atoms with Crippen molar-refractivity contribution in [3.05, 3.63) is 28.9 Å². The van der Waals surface area contributed by atoms with Gasteiger partial charge in [-0.2, -0.15) is 0 Å². The van der Waals surface area contributed by atoms with Crippen LogP contribution in [-0.4, -0.2) is 36.5 Å². The summed E-state index contributed by atoms with van der Waals surface area (Å²) in [5, 5.41) is 20.1. The van der Waals surface area contributed by atoms with E-state index in [1.807, 2.05) is 0 Å². The van der Waals surface area contributed by atoms with E-state index < -0.39 is 24.6 Å². The standard InChI is InChI=1S/C12H15N3O3/c1-14-6-13-11-7(12(14)18)4-5-15(11)8-2-3-9(16)10(8)17/h4-6,8-10,16-17H,2-3H2,1H3/t8-,9-,10+/m1/s1/i3D/t3-,8+,9+,10-/m0. The fourth-order valence-electron chi connectivity index (χ4n) is 2.46. The van der Waals surface area contributed by atoms with Crippen LogP contribution in [0, 0.1) is 0 Å². The number of nitrogens with zero attached hydrogens (tertiary/aromatic N) is 3. The number of rotatable bonds is 1. The molecule has 0 spiro atoms. The predicted molar refractivity (Wildman–Crippen MR) is 65.3 cm³/mol. The molecule has 2 aromatic rings. The van der Waals surface area contributed by atoms with Crippen LogP contribution in [0.4, 0.5) is 0 Å². The quantitative estimate of drug-likeness (QED) is 0.734. The van der Waals surface area contributed by atoms with Gasteiger partial charge in [-0.15, -0.1) is 0 Å². The Hall–Kier alpha value is -1.66. The number of aryl methyl sites for hydroxylation is 1. The molecular formula is C12H15N3O3. The van der Waals surface area contributed by atoms with Crippen molar-refractivity contribution in [2.24, 2.45) is 7.05 Å². The highest BCUT2D eigenvalue weighted by Gasteiger charge is 2.35. The Morgan fingerprint density at radius 2 is 2.33 bits per heavy atom. The van der Waals surface area contributed by atoms with Gasteiger partial charge in [-0.1, -0.05) is 0 Å². The Morgan fingerprint density at radius 3 is 3.00 bits per heavy atom. The molecule has 18 heavy (non-hydrogen) atoms. The third-order valence-corrected chi connectivity index (χ3v) is 3.51. The van der Waals surface area contributed by atoms with Gasteiger partial charge >= 0.3 is 0 Å². The number of aliphatic hydroxyl groups excluding tert-OH is 2. The van der Waals surface area contributed by atoms with E-state index in [0.29, 0.717) is 17.5 Å². The molecule has 0 unspecified atom stereocenters. The van der Waals surface area contributed by atoms with Crippen molar-refractivity contribution in [1.82, 2.24) is 14.1 Å². The molecule has 3 rings (SSSR count). The molecule has 6 heteroatoms. The van der Waals surface area contributed by atoms with Crippen LogP contribution in [-0.2, 0) is 7.05 Å². The number of hydrogen-bond acceptors (Lipinski definition) is 4. The van der Waals surface area contributed by atoms with Crippen LogP contribution in [0.25, 0.3) is 11.0 Å². The van der Waals surface area contributed by atoms with Gasteiger partial charge in [0, 0.05) is 14.6 Å². The molecule has 0 aromatic carbocycles. The molecule has 0 bridgehead atoms. The topological polar surface area (TPSA) is 80.3 Å². The predicted octanol–water partition coefficient (Wildman–Crippen LogP) is -0.208. The first-order chi connectivity index (χ1) is 9.00. The lowest BCUT2D eigenvalue weighted by Gasteiger charge is -2.18. The summed E-state index contributed by atoms with van der Waals surface area (Å²) in [4.78, 5) is 16.1. The first-order valence-corrected chi connectivity index (χ1v) is 5.81. The zero-order valence-electron chi connectivity index (χ0n) is 10.9. The maximum Gasteiger partial charge on any atom is 0.262 e. The maximum absolute atomic E-state index is 11.9. The molecule has 0 aliphatic heterocycles. The average molecular weight is 250 g/mol. The summed E-state index contributed by atoms with van der Waals surface area (Å²) >= 11 is 0. The number of aliphatic hydroxyl groups is 2. The number of fused-ring (bicyclic) bond motifs is 1. The van der Waals surface area contributed by atoms with Crippen molar-refractivity contribution < 1.29 is 11.6 Å². The second-order valence-corrected chi connectivity index (χ2v) is 4.64.